The van der Waals surface area contributed by atoms with Crippen LogP contribution in [0.5, 0.6) is 0 Å². The van der Waals surface area contributed by atoms with E-state index in [1.165, 1.54) is 7.11 Å². The number of carbonyl (C=O) groups excluding carboxylic acids is 2. The van der Waals surface area contributed by atoms with E-state index in [-0.39, 0.29) is 19.7 Å². The number of nitrogens with zero attached hydrogens (tertiary/aromatic N) is 1. The summed E-state index contributed by atoms with van der Waals surface area (Å²) in [5.74, 6) is -1.79. The molecule has 0 radical (unpaired) electrons. The van der Waals surface area contributed by atoms with Crippen LogP contribution in [0.1, 0.15) is 0 Å². The minimum absolute atomic E-state index is 0.0695. The van der Waals surface area contributed by atoms with Crippen molar-refractivity contribution < 1.29 is 19.4 Å². The molecule has 84 valence electrons. The fraction of sp³-hybridized carbons (Fsp3) is 0.625. The molecule has 0 aromatic heterocycles. The summed E-state index contributed by atoms with van der Waals surface area (Å²) in [6.45, 7) is -0.236. The van der Waals surface area contributed by atoms with E-state index in [0.29, 0.717) is 0 Å². The summed E-state index contributed by atoms with van der Waals surface area (Å²) in [7, 11) is 1.41. The molecule has 0 aliphatic rings. The van der Waals surface area contributed by atoms with Gasteiger partial charge in [0.05, 0.1) is 18.8 Å². The standard InChI is InChI=1S/C8H13N3O4/c1-15-5-6(12)4-11-8(14)7(13)10-3-2-9/h6,12H,3-5H2,1H3,(H,10,13)(H,11,14). The molecule has 0 fully saturated rings. The number of methoxy groups -OCH3 is 1. The normalized spacial score (nSPS) is 11.3. The number of amides is 2. The summed E-state index contributed by atoms with van der Waals surface area (Å²) >= 11 is 0. The Hall–Kier alpha value is -1.65. The van der Waals surface area contributed by atoms with E-state index in [1.54, 1.807) is 6.07 Å². The predicted octanol–water partition coefficient (Wildman–Crippen LogP) is -2.25. The van der Waals surface area contributed by atoms with Crippen molar-refractivity contribution in [3.05, 3.63) is 0 Å². The molecular weight excluding hydrogens is 202 g/mol. The highest BCUT2D eigenvalue weighted by molar-refractivity contribution is 6.35. The lowest BCUT2D eigenvalue weighted by molar-refractivity contribution is -0.139. The summed E-state index contributed by atoms with van der Waals surface area (Å²) in [5.41, 5.74) is 0. The minimum atomic E-state index is -0.902. The summed E-state index contributed by atoms with van der Waals surface area (Å²) in [5, 5.41) is 21.5. The number of hydrogen-bond acceptors (Lipinski definition) is 5. The zero-order valence-corrected chi connectivity index (χ0v) is 8.32. The maximum atomic E-state index is 11.0. The maximum absolute atomic E-state index is 11.0. The molecule has 0 spiro atoms. The Kier molecular flexibility index (Phi) is 6.88. The molecule has 0 aliphatic carbocycles. The van der Waals surface area contributed by atoms with Gasteiger partial charge in [-0.25, -0.2) is 0 Å². The van der Waals surface area contributed by atoms with Crippen LogP contribution in [0.4, 0.5) is 0 Å². The van der Waals surface area contributed by atoms with Gasteiger partial charge in [-0.1, -0.05) is 0 Å². The molecule has 0 saturated carbocycles. The third kappa shape index (κ3) is 6.42. The second kappa shape index (κ2) is 7.73. The van der Waals surface area contributed by atoms with Gasteiger partial charge in [0.25, 0.3) is 0 Å². The van der Waals surface area contributed by atoms with Gasteiger partial charge >= 0.3 is 11.8 Å². The number of ether oxygens (including phenoxy) is 1. The van der Waals surface area contributed by atoms with Crippen LogP contribution in [-0.4, -0.2) is 49.8 Å². The molecule has 3 N–H and O–H groups in total. The molecule has 0 heterocycles. The Morgan fingerprint density at radius 3 is 2.60 bits per heavy atom. The summed E-state index contributed by atoms with van der Waals surface area (Å²) in [6, 6.07) is 1.66. The van der Waals surface area contributed by atoms with Gasteiger partial charge in [-0.05, 0) is 0 Å². The molecule has 1 atom stereocenters. The van der Waals surface area contributed by atoms with E-state index < -0.39 is 17.9 Å². The van der Waals surface area contributed by atoms with Crippen LogP contribution >= 0.6 is 0 Å². The maximum Gasteiger partial charge on any atom is 0.310 e. The molecule has 2 amide bonds. The van der Waals surface area contributed by atoms with Crippen molar-refractivity contribution >= 4 is 11.8 Å². The first kappa shape index (κ1) is 13.4. The summed E-state index contributed by atoms with van der Waals surface area (Å²) in [6.07, 6.45) is -0.859. The molecular formula is C8H13N3O4. The van der Waals surface area contributed by atoms with Crippen LogP contribution in [0.15, 0.2) is 0 Å². The van der Waals surface area contributed by atoms with Crippen LogP contribution in [0.25, 0.3) is 0 Å². The minimum Gasteiger partial charge on any atom is -0.389 e. The highest BCUT2D eigenvalue weighted by Gasteiger charge is 2.13. The second-order valence-corrected chi connectivity index (χ2v) is 2.66. The quantitative estimate of drug-likeness (QED) is 0.354. The van der Waals surface area contributed by atoms with Crippen molar-refractivity contribution in [3.8, 4) is 6.07 Å². The number of aliphatic hydroxyl groups is 1. The average molecular weight is 215 g/mol. The van der Waals surface area contributed by atoms with Gasteiger partial charge in [0, 0.05) is 13.7 Å². The van der Waals surface area contributed by atoms with Gasteiger partial charge in [0.15, 0.2) is 0 Å². The van der Waals surface area contributed by atoms with Gasteiger partial charge in [-0.3, -0.25) is 9.59 Å². The molecule has 7 nitrogen and oxygen atoms in total. The van der Waals surface area contributed by atoms with Gasteiger partial charge in [-0.15, -0.1) is 0 Å². The smallest absolute Gasteiger partial charge is 0.310 e. The third-order valence-electron chi connectivity index (χ3n) is 1.39. The summed E-state index contributed by atoms with van der Waals surface area (Å²) in [4.78, 5) is 21.9. The molecule has 0 bridgehead atoms. The number of nitriles is 1. The Bertz CT molecular complexity index is 261. The largest absolute Gasteiger partial charge is 0.389 e. The predicted molar refractivity (Wildman–Crippen MR) is 49.5 cm³/mol. The number of rotatable bonds is 5. The first-order chi connectivity index (χ1) is 7.11. The Labute approximate surface area is 87.0 Å². The number of carbonyl (C=O) groups is 2. The van der Waals surface area contributed by atoms with Crippen molar-refractivity contribution in [2.24, 2.45) is 0 Å². The lowest BCUT2D eigenvalue weighted by atomic mass is 10.3. The van der Waals surface area contributed by atoms with E-state index in [4.69, 9.17) is 10.4 Å². The van der Waals surface area contributed by atoms with Crippen LogP contribution < -0.4 is 10.6 Å². The van der Waals surface area contributed by atoms with E-state index >= 15 is 0 Å². The number of hydrogen-bond donors (Lipinski definition) is 3. The van der Waals surface area contributed by atoms with Crippen LogP contribution in [-0.2, 0) is 14.3 Å². The topological polar surface area (TPSA) is 111 Å². The number of nitrogens with one attached hydrogen (secondary N) is 2. The van der Waals surface area contributed by atoms with Gasteiger partial charge < -0.3 is 20.5 Å². The van der Waals surface area contributed by atoms with E-state index in [1.807, 2.05) is 0 Å². The zero-order chi connectivity index (χ0) is 11.7. The van der Waals surface area contributed by atoms with Gasteiger partial charge in [0.2, 0.25) is 0 Å². The Morgan fingerprint density at radius 2 is 2.07 bits per heavy atom. The Balaban J connectivity index is 3.74. The van der Waals surface area contributed by atoms with Crippen LogP contribution in [0.3, 0.4) is 0 Å². The fourth-order valence-electron chi connectivity index (χ4n) is 0.742. The molecule has 0 aromatic carbocycles. The highest BCUT2D eigenvalue weighted by Crippen LogP contribution is 1.81. The van der Waals surface area contributed by atoms with E-state index in [0.717, 1.165) is 0 Å². The van der Waals surface area contributed by atoms with Crippen molar-refractivity contribution in [2.45, 2.75) is 6.10 Å². The molecule has 1 unspecified atom stereocenters. The SMILES string of the molecule is COCC(O)CNC(=O)C(=O)NCC#N. The first-order valence-corrected chi connectivity index (χ1v) is 4.21. The van der Waals surface area contributed by atoms with Crippen LogP contribution in [0.2, 0.25) is 0 Å². The third-order valence-corrected chi connectivity index (χ3v) is 1.39. The second-order valence-electron chi connectivity index (χ2n) is 2.66. The van der Waals surface area contributed by atoms with Gasteiger partial charge in [-0.2, -0.15) is 5.26 Å². The van der Waals surface area contributed by atoms with Crippen molar-refractivity contribution in [1.82, 2.24) is 10.6 Å². The zero-order valence-electron chi connectivity index (χ0n) is 8.32. The molecule has 0 rings (SSSR count). The molecule has 0 aromatic rings. The van der Waals surface area contributed by atoms with Gasteiger partial charge in [0.1, 0.15) is 6.54 Å². The van der Waals surface area contributed by atoms with Crippen molar-refractivity contribution in [1.29, 1.82) is 5.26 Å². The Morgan fingerprint density at radius 1 is 1.47 bits per heavy atom. The fourth-order valence-corrected chi connectivity index (χ4v) is 0.742. The van der Waals surface area contributed by atoms with E-state index in [2.05, 4.69) is 15.4 Å². The molecule has 15 heavy (non-hydrogen) atoms. The molecule has 7 heteroatoms. The molecule has 0 saturated heterocycles. The lowest BCUT2D eigenvalue weighted by Gasteiger charge is -2.09. The van der Waals surface area contributed by atoms with Crippen molar-refractivity contribution in [3.63, 3.8) is 0 Å². The average Bonchev–Trinajstić information content (AvgIpc) is 2.22. The lowest BCUT2D eigenvalue weighted by Crippen LogP contribution is -2.43. The van der Waals surface area contributed by atoms with Crippen LogP contribution in [0, 0.1) is 11.3 Å². The monoisotopic (exact) mass is 215 g/mol. The number of aliphatic hydroxyl groups excluding tert-OH is 1. The van der Waals surface area contributed by atoms with E-state index in [9.17, 15) is 9.59 Å². The summed E-state index contributed by atoms with van der Waals surface area (Å²) < 4.78 is 4.62. The first-order valence-electron chi connectivity index (χ1n) is 4.21. The van der Waals surface area contributed by atoms with Crippen molar-refractivity contribution in [2.75, 3.05) is 26.8 Å². The molecule has 0 aliphatic heterocycles. The highest BCUT2D eigenvalue weighted by atomic mass is 16.5.